The van der Waals surface area contributed by atoms with E-state index in [-0.39, 0.29) is 50.1 Å². The van der Waals surface area contributed by atoms with Crippen LogP contribution in [0.25, 0.3) is 0 Å². The van der Waals surface area contributed by atoms with Gasteiger partial charge in [-0.2, -0.15) is 0 Å². The fourth-order valence-corrected chi connectivity index (χ4v) is 15.1. The molecule has 0 saturated carbocycles. The van der Waals surface area contributed by atoms with Crippen molar-refractivity contribution >= 4 is 53.7 Å². The number of carbonyl (C=O) groups is 9. The Morgan fingerprint density at radius 1 is 0.248 bits per heavy atom. The number of ether oxygens (including phenoxy) is 17. The second-order valence-corrected chi connectivity index (χ2v) is 29.7. The van der Waals surface area contributed by atoms with Crippen LogP contribution in [-0.4, -0.2) is 185 Å². The minimum Gasteiger partial charge on any atom is -0.497 e. The first-order valence-electron chi connectivity index (χ1n) is 41.2. The highest BCUT2D eigenvalue weighted by Crippen LogP contribution is 2.45. The van der Waals surface area contributed by atoms with Gasteiger partial charge in [0.05, 0.1) is 70.9 Å². The summed E-state index contributed by atoms with van der Waals surface area (Å²) in [6.45, 7) is -2.62. The first-order chi connectivity index (χ1) is 63.0. The predicted octanol–water partition coefficient (Wildman–Crippen LogP) is 14.2. The zero-order valence-corrected chi connectivity index (χ0v) is 69.3. The van der Waals surface area contributed by atoms with E-state index in [0.717, 1.165) is 0 Å². The molecular formula is C102H86O27. The molecule has 3 heterocycles. The van der Waals surface area contributed by atoms with E-state index in [9.17, 15) is 19.5 Å². The molecule has 0 radical (unpaired) electrons. The number of rotatable bonds is 32. The van der Waals surface area contributed by atoms with E-state index < -0.39 is 171 Å². The Balaban J connectivity index is 0.979. The van der Waals surface area contributed by atoms with E-state index in [1.807, 2.05) is 0 Å². The van der Waals surface area contributed by atoms with Crippen molar-refractivity contribution < 1.29 is 129 Å². The predicted molar refractivity (Wildman–Crippen MR) is 459 cm³/mol. The normalized spacial score (nSPS) is 21.7. The van der Waals surface area contributed by atoms with E-state index in [1.54, 1.807) is 218 Å². The number of methoxy groups -OCH3 is 2. The average Bonchev–Trinajstić information content (AvgIpc) is 0.745. The van der Waals surface area contributed by atoms with Gasteiger partial charge in [0.1, 0.15) is 60.8 Å². The Labute approximate surface area is 740 Å². The Morgan fingerprint density at radius 2 is 0.481 bits per heavy atom. The van der Waals surface area contributed by atoms with Gasteiger partial charge in [0.25, 0.3) is 0 Å². The van der Waals surface area contributed by atoms with Gasteiger partial charge in [-0.3, -0.25) is 0 Å². The summed E-state index contributed by atoms with van der Waals surface area (Å²) in [4.78, 5) is 137. The lowest BCUT2D eigenvalue weighted by Crippen LogP contribution is -2.69. The van der Waals surface area contributed by atoms with Gasteiger partial charge in [-0.1, -0.05) is 218 Å². The summed E-state index contributed by atoms with van der Waals surface area (Å²) in [6.07, 6.45) is -32.4. The van der Waals surface area contributed by atoms with Crippen molar-refractivity contribution in [2.75, 3.05) is 34.0 Å². The highest BCUT2D eigenvalue weighted by Gasteiger charge is 2.61. The number of hydrogen-bond donors (Lipinski definition) is 1. The molecule has 0 bridgehead atoms. The number of hydrogen-bond acceptors (Lipinski definition) is 27. The van der Waals surface area contributed by atoms with Gasteiger partial charge in [-0.05, 0) is 150 Å². The quantitative estimate of drug-likeness (QED) is 0.0232. The van der Waals surface area contributed by atoms with Crippen molar-refractivity contribution in [2.24, 2.45) is 0 Å². The van der Waals surface area contributed by atoms with Crippen molar-refractivity contribution in [3.63, 3.8) is 0 Å². The molecule has 3 fully saturated rings. The van der Waals surface area contributed by atoms with Gasteiger partial charge < -0.3 is 85.6 Å². The van der Waals surface area contributed by atoms with E-state index in [2.05, 4.69) is 0 Å². The van der Waals surface area contributed by atoms with Crippen molar-refractivity contribution in [2.45, 2.75) is 97.7 Å². The van der Waals surface area contributed by atoms with Crippen molar-refractivity contribution in [1.82, 2.24) is 0 Å². The molecule has 1 N–H and O–H groups in total. The molecule has 15 atom stereocenters. The average molecular weight is 1740 g/mol. The number of aliphatic hydroxyl groups is 1. The second-order valence-electron chi connectivity index (χ2n) is 29.7. The number of aliphatic hydroxyl groups excluding tert-OH is 1. The zero-order valence-electron chi connectivity index (χ0n) is 69.3. The minimum atomic E-state index is -2.39. The van der Waals surface area contributed by atoms with Crippen molar-refractivity contribution in [3.8, 4) is 11.5 Å². The first-order valence-corrected chi connectivity index (χ1v) is 41.2. The summed E-state index contributed by atoms with van der Waals surface area (Å²) >= 11 is 0. The monoisotopic (exact) mass is 1740 g/mol. The van der Waals surface area contributed by atoms with Gasteiger partial charge >= 0.3 is 53.7 Å². The summed E-state index contributed by atoms with van der Waals surface area (Å²) < 4.78 is 114. The molecule has 12 aromatic carbocycles. The molecule has 27 nitrogen and oxygen atoms in total. The van der Waals surface area contributed by atoms with Gasteiger partial charge in [-0.25, -0.2) is 43.2 Å². The molecule has 3 aliphatic heterocycles. The van der Waals surface area contributed by atoms with Crippen LogP contribution in [0.4, 0.5) is 0 Å². The first kappa shape index (κ1) is 89.0. The molecule has 0 amide bonds. The summed E-state index contributed by atoms with van der Waals surface area (Å²) in [7, 11) is 2.99. The van der Waals surface area contributed by atoms with Crippen molar-refractivity contribution in [1.29, 1.82) is 0 Å². The lowest BCUT2D eigenvalue weighted by Gasteiger charge is -2.50. The third-order valence-corrected chi connectivity index (χ3v) is 21.6. The lowest BCUT2D eigenvalue weighted by molar-refractivity contribution is -0.377. The Morgan fingerprint density at radius 3 is 0.798 bits per heavy atom. The van der Waals surface area contributed by atoms with Crippen LogP contribution in [0, 0.1) is 0 Å². The van der Waals surface area contributed by atoms with Crippen LogP contribution >= 0.6 is 0 Å². The number of benzene rings is 12. The molecular weight excluding hydrogens is 1660 g/mol. The van der Waals surface area contributed by atoms with Crippen LogP contribution < -0.4 is 9.47 Å². The maximum absolute atomic E-state index is 16.0. The number of esters is 9. The van der Waals surface area contributed by atoms with Crippen LogP contribution in [0.1, 0.15) is 110 Å². The maximum Gasteiger partial charge on any atom is 0.338 e. The van der Waals surface area contributed by atoms with Crippen LogP contribution in [0.5, 0.6) is 11.5 Å². The van der Waals surface area contributed by atoms with Gasteiger partial charge in [0.15, 0.2) is 61.6 Å². The zero-order chi connectivity index (χ0) is 89.6. The third kappa shape index (κ3) is 21.5. The molecule has 0 spiro atoms. The van der Waals surface area contributed by atoms with Gasteiger partial charge in [0, 0.05) is 0 Å². The Hall–Kier alpha value is -14.8. The van der Waals surface area contributed by atoms with Gasteiger partial charge in [0.2, 0.25) is 0 Å². The lowest BCUT2D eigenvalue weighted by atomic mass is 9.80. The molecule has 129 heavy (non-hydrogen) atoms. The smallest absolute Gasteiger partial charge is 0.338 e. The second kappa shape index (κ2) is 42.5. The molecule has 3 aliphatic rings. The van der Waals surface area contributed by atoms with Crippen molar-refractivity contribution in [3.05, 3.63) is 419 Å². The van der Waals surface area contributed by atoms with Gasteiger partial charge in [-0.15, -0.1) is 0 Å². The Bertz CT molecular complexity index is 5690. The minimum absolute atomic E-state index is 0.0378. The molecule has 27 heteroatoms. The maximum atomic E-state index is 16.0. The van der Waals surface area contributed by atoms with Crippen LogP contribution in [-0.2, 0) is 76.7 Å². The standard InChI is InChI=1S/C102H86O27/c1-113-76-57-53-74(54-58-76)102(73-51-31-12-32-52-73,75-55-59-77(114-2)60-56-75)117-63-80-82(122-93(106)67-39-19-6-20-40-67)86(129-101-88(126-97(110)71-47-27-10-28-48-71)85(124-95(108)69-43-23-8-24-44-69)81(121-92(105)66-37-17-5-18-38-66)79(119-101)62-116-91(104)65-35-15-4-16-36-65)89(127-98(111)72-49-29-11-30-50-72)100(120-80)128-83-78(61-115-90(103)64-33-13-3-14-34-64)118-99(112)87(125-96(109)70-45-25-9-26-46-70)84(83)123-94(107)68-41-21-7-22-42-68/h3-60,78-89,99-101,112H,61-63H2,1-2H3/t78-,79-,80-,81+,82+,83-,84+,85+,86+,87+,88-,89-,99+,100+,101+/m1/s1. The van der Waals surface area contributed by atoms with Crippen LogP contribution in [0.2, 0.25) is 0 Å². The van der Waals surface area contributed by atoms with E-state index in [4.69, 9.17) is 80.5 Å². The van der Waals surface area contributed by atoms with Crippen LogP contribution in [0.15, 0.2) is 352 Å². The summed E-state index contributed by atoms with van der Waals surface area (Å²) in [5, 5.41) is 12.6. The SMILES string of the molecule is COc1ccc(C(OC[C@H]2O[C@@H](O[C@H]3[C@H](OC(=O)c4ccccc4)[C@H](OC(=O)c4ccccc4)[C@@H](O)O[C@@H]3COC(=O)c3ccccc3)[C@H](OC(=O)c3ccccc3)[C@@H](O[C@@H]3O[C@H](COC(=O)c4ccccc4)[C@H](OC(=O)c4ccccc4)[C@H](OC(=O)c4ccccc4)[C@H]3OC(=O)c3ccccc3)[C@H]2OC(=O)c2ccccc2)(c2ccccc2)c2ccc(OC)cc2)cc1. The molecule has 15 rings (SSSR count). The highest BCUT2D eigenvalue weighted by molar-refractivity contribution is 5.94. The molecule has 0 unspecified atom stereocenters. The van der Waals surface area contributed by atoms with E-state index in [1.165, 1.54) is 148 Å². The summed E-state index contributed by atoms with van der Waals surface area (Å²) in [6, 6.07) is 91.2. The summed E-state index contributed by atoms with van der Waals surface area (Å²) in [5.74, 6) is -8.80. The number of carbonyl (C=O) groups excluding carboxylic acids is 9. The molecule has 656 valence electrons. The topological polar surface area (TPSA) is 331 Å². The fourth-order valence-electron chi connectivity index (χ4n) is 15.1. The highest BCUT2D eigenvalue weighted by atomic mass is 16.8. The van der Waals surface area contributed by atoms with Crippen LogP contribution in [0.3, 0.4) is 0 Å². The molecule has 12 aromatic rings. The third-order valence-electron chi connectivity index (χ3n) is 21.6. The van der Waals surface area contributed by atoms with E-state index in [0.29, 0.717) is 28.2 Å². The summed E-state index contributed by atoms with van der Waals surface area (Å²) in [5.41, 5.74) is -0.991. The molecule has 3 saturated heterocycles. The van der Waals surface area contributed by atoms with E-state index >= 15 is 28.8 Å². The fraction of sp³-hybridized carbons (Fsp3) is 0.206. The largest absolute Gasteiger partial charge is 0.497 e. The molecule has 0 aromatic heterocycles. The molecule has 0 aliphatic carbocycles. The Kier molecular flexibility index (Phi) is 29.3.